The number of rotatable bonds is 8. The van der Waals surface area contributed by atoms with Crippen LogP contribution in [0.1, 0.15) is 30.9 Å². The lowest BCUT2D eigenvalue weighted by molar-refractivity contribution is -0.121. The molecule has 0 saturated carbocycles. The molecule has 0 heterocycles. The van der Waals surface area contributed by atoms with Crippen LogP contribution in [0.3, 0.4) is 0 Å². The number of carbonyl (C=O) groups is 1. The Balaban J connectivity index is 2.24. The van der Waals surface area contributed by atoms with Gasteiger partial charge in [0.05, 0.1) is 13.0 Å². The van der Waals surface area contributed by atoms with E-state index in [0.717, 1.165) is 16.9 Å². The minimum atomic E-state index is -0.0147. The molecule has 0 saturated heterocycles. The minimum absolute atomic E-state index is 0.0147. The maximum absolute atomic E-state index is 11.6. The van der Waals surface area contributed by atoms with Crippen LogP contribution in [0.5, 0.6) is 5.75 Å². The summed E-state index contributed by atoms with van der Waals surface area (Å²) in [4.78, 5) is 11.6. The highest BCUT2D eigenvalue weighted by Gasteiger charge is 2.05. The van der Waals surface area contributed by atoms with Gasteiger partial charge in [-0.05, 0) is 49.4 Å². The molecule has 1 amide bonds. The van der Waals surface area contributed by atoms with Crippen LogP contribution in [-0.4, -0.2) is 30.8 Å². The van der Waals surface area contributed by atoms with Crippen molar-refractivity contribution >= 4 is 5.91 Å². The lowest BCUT2D eigenvalue weighted by Gasteiger charge is -2.12. The van der Waals surface area contributed by atoms with E-state index in [-0.39, 0.29) is 12.5 Å². The molecule has 112 valence electrons. The first-order valence-corrected chi connectivity index (χ1v) is 7.10. The Morgan fingerprint density at radius 1 is 1.30 bits per heavy atom. The summed E-state index contributed by atoms with van der Waals surface area (Å²) in [5.74, 6) is 1.09. The second-order valence-electron chi connectivity index (χ2n) is 5.34. The molecule has 0 aliphatic heterocycles. The number of ether oxygens (including phenoxy) is 1. The van der Waals surface area contributed by atoms with Crippen molar-refractivity contribution in [2.45, 2.75) is 33.6 Å². The van der Waals surface area contributed by atoms with E-state index in [9.17, 15) is 4.79 Å². The van der Waals surface area contributed by atoms with Crippen molar-refractivity contribution in [2.75, 3.05) is 19.8 Å². The second-order valence-corrected chi connectivity index (χ2v) is 5.34. The van der Waals surface area contributed by atoms with Crippen LogP contribution in [0.15, 0.2) is 18.2 Å². The Hall–Kier alpha value is -1.55. The molecule has 0 fully saturated rings. The monoisotopic (exact) mass is 279 g/mol. The zero-order valence-corrected chi connectivity index (χ0v) is 12.6. The predicted molar refractivity (Wildman–Crippen MR) is 79.9 cm³/mol. The van der Waals surface area contributed by atoms with Gasteiger partial charge in [-0.25, -0.2) is 0 Å². The van der Waals surface area contributed by atoms with E-state index in [2.05, 4.69) is 11.4 Å². The highest BCUT2D eigenvalue weighted by molar-refractivity contribution is 5.75. The van der Waals surface area contributed by atoms with Gasteiger partial charge in [0, 0.05) is 13.2 Å². The number of nitrogens with one attached hydrogen (secondary N) is 1. The Morgan fingerprint density at radius 3 is 2.55 bits per heavy atom. The van der Waals surface area contributed by atoms with Crippen LogP contribution < -0.4 is 10.1 Å². The Kier molecular flexibility index (Phi) is 7.09. The lowest BCUT2D eigenvalue weighted by Crippen LogP contribution is -2.29. The molecule has 0 aliphatic carbocycles. The second kappa shape index (κ2) is 8.59. The fourth-order valence-electron chi connectivity index (χ4n) is 1.98. The molecule has 4 nitrogen and oxygen atoms in total. The van der Waals surface area contributed by atoms with E-state index >= 15 is 0 Å². The normalized spacial score (nSPS) is 12.0. The van der Waals surface area contributed by atoms with E-state index < -0.39 is 0 Å². The smallest absolute Gasteiger partial charge is 0.223 e. The highest BCUT2D eigenvalue weighted by Crippen LogP contribution is 2.16. The van der Waals surface area contributed by atoms with Crippen molar-refractivity contribution in [3.05, 3.63) is 29.3 Å². The molecule has 1 aromatic carbocycles. The predicted octanol–water partition coefficient (Wildman–Crippen LogP) is 2.21. The van der Waals surface area contributed by atoms with Crippen LogP contribution >= 0.6 is 0 Å². The summed E-state index contributed by atoms with van der Waals surface area (Å²) in [6, 6.07) is 6.02. The number of benzene rings is 1. The average molecular weight is 279 g/mol. The van der Waals surface area contributed by atoms with Gasteiger partial charge >= 0.3 is 0 Å². The first-order chi connectivity index (χ1) is 9.51. The van der Waals surface area contributed by atoms with E-state index in [4.69, 9.17) is 9.84 Å². The van der Waals surface area contributed by atoms with E-state index in [1.165, 1.54) is 0 Å². The van der Waals surface area contributed by atoms with Crippen LogP contribution in [0.2, 0.25) is 0 Å². The number of aliphatic hydroxyl groups excluding tert-OH is 1. The van der Waals surface area contributed by atoms with Gasteiger partial charge in [0.2, 0.25) is 5.91 Å². The third-order valence-electron chi connectivity index (χ3n) is 3.06. The molecule has 0 aliphatic rings. The van der Waals surface area contributed by atoms with Crippen molar-refractivity contribution in [2.24, 2.45) is 5.92 Å². The van der Waals surface area contributed by atoms with Crippen LogP contribution in [0, 0.1) is 19.8 Å². The Morgan fingerprint density at radius 2 is 1.95 bits per heavy atom. The molecule has 1 unspecified atom stereocenters. The van der Waals surface area contributed by atoms with Gasteiger partial charge < -0.3 is 15.2 Å². The number of amides is 1. The maximum atomic E-state index is 11.6. The van der Waals surface area contributed by atoms with Crippen molar-refractivity contribution in [3.8, 4) is 5.75 Å². The number of hydrogen-bond acceptors (Lipinski definition) is 3. The quantitative estimate of drug-likeness (QED) is 0.767. The molecule has 0 bridgehead atoms. The van der Waals surface area contributed by atoms with Gasteiger partial charge in [0.1, 0.15) is 5.75 Å². The van der Waals surface area contributed by atoms with Gasteiger partial charge in [-0.3, -0.25) is 4.79 Å². The van der Waals surface area contributed by atoms with Crippen LogP contribution in [0.25, 0.3) is 0 Å². The zero-order chi connectivity index (χ0) is 15.0. The molecule has 0 spiro atoms. The standard InChI is InChI=1S/C16H25NO3/c1-12(4-6-18)11-17-16(19)5-7-20-15-9-13(2)8-14(3)10-15/h8-10,12,18H,4-7,11H2,1-3H3,(H,17,19). The zero-order valence-electron chi connectivity index (χ0n) is 12.6. The summed E-state index contributed by atoms with van der Waals surface area (Å²) in [5, 5.41) is 11.6. The van der Waals surface area contributed by atoms with Gasteiger partial charge in [-0.15, -0.1) is 0 Å². The molecule has 4 heteroatoms. The third-order valence-corrected chi connectivity index (χ3v) is 3.06. The molecule has 20 heavy (non-hydrogen) atoms. The number of aliphatic hydroxyl groups is 1. The molecule has 2 N–H and O–H groups in total. The van der Waals surface area contributed by atoms with Crippen molar-refractivity contribution in [3.63, 3.8) is 0 Å². The van der Waals surface area contributed by atoms with Crippen LogP contribution in [-0.2, 0) is 4.79 Å². The first-order valence-electron chi connectivity index (χ1n) is 7.10. The molecular formula is C16H25NO3. The largest absolute Gasteiger partial charge is 0.493 e. The Bertz CT molecular complexity index is 411. The molecule has 1 atom stereocenters. The topological polar surface area (TPSA) is 58.6 Å². The molecule has 1 aromatic rings. The fraction of sp³-hybridized carbons (Fsp3) is 0.562. The minimum Gasteiger partial charge on any atom is -0.493 e. The summed E-state index contributed by atoms with van der Waals surface area (Å²) in [5.41, 5.74) is 2.31. The van der Waals surface area contributed by atoms with Gasteiger partial charge in [0.25, 0.3) is 0 Å². The van der Waals surface area contributed by atoms with Crippen molar-refractivity contribution < 1.29 is 14.6 Å². The molecule has 0 aromatic heterocycles. The van der Waals surface area contributed by atoms with E-state index in [1.807, 2.05) is 32.9 Å². The number of hydrogen-bond donors (Lipinski definition) is 2. The number of aryl methyl sites for hydroxylation is 2. The van der Waals surface area contributed by atoms with Gasteiger partial charge in [-0.2, -0.15) is 0 Å². The Labute approximate surface area is 121 Å². The summed E-state index contributed by atoms with van der Waals surface area (Å²) < 4.78 is 5.59. The van der Waals surface area contributed by atoms with Crippen molar-refractivity contribution in [1.29, 1.82) is 0 Å². The SMILES string of the molecule is Cc1cc(C)cc(OCCC(=O)NCC(C)CCO)c1. The number of carbonyl (C=O) groups excluding carboxylic acids is 1. The summed E-state index contributed by atoms with van der Waals surface area (Å²) in [7, 11) is 0. The maximum Gasteiger partial charge on any atom is 0.223 e. The average Bonchev–Trinajstić information content (AvgIpc) is 2.35. The van der Waals surface area contributed by atoms with Gasteiger partial charge in [0.15, 0.2) is 0 Å². The van der Waals surface area contributed by atoms with Gasteiger partial charge in [-0.1, -0.05) is 13.0 Å². The molecular weight excluding hydrogens is 254 g/mol. The summed E-state index contributed by atoms with van der Waals surface area (Å²) in [6.07, 6.45) is 1.05. The van der Waals surface area contributed by atoms with Crippen LogP contribution in [0.4, 0.5) is 0 Å². The van der Waals surface area contributed by atoms with Crippen molar-refractivity contribution in [1.82, 2.24) is 5.32 Å². The summed E-state index contributed by atoms with van der Waals surface area (Å²) in [6.45, 7) is 7.19. The fourth-order valence-corrected chi connectivity index (χ4v) is 1.98. The lowest BCUT2D eigenvalue weighted by atomic mass is 10.1. The summed E-state index contributed by atoms with van der Waals surface area (Å²) >= 11 is 0. The molecule has 1 rings (SSSR count). The molecule has 0 radical (unpaired) electrons. The van der Waals surface area contributed by atoms with E-state index in [0.29, 0.717) is 31.9 Å². The third kappa shape index (κ3) is 6.57. The van der Waals surface area contributed by atoms with E-state index in [1.54, 1.807) is 0 Å². The highest BCUT2D eigenvalue weighted by atomic mass is 16.5. The first kappa shape index (κ1) is 16.5.